The van der Waals surface area contributed by atoms with E-state index in [0.29, 0.717) is 0 Å². The minimum Gasteiger partial charge on any atom is -0.390 e. The Morgan fingerprint density at radius 1 is 0.783 bits per heavy atom. The van der Waals surface area contributed by atoms with Crippen LogP contribution in [0, 0.1) is 0 Å². The van der Waals surface area contributed by atoms with E-state index in [-0.39, 0.29) is 0 Å². The van der Waals surface area contributed by atoms with Crippen LogP contribution in [0.5, 0.6) is 0 Å². The van der Waals surface area contributed by atoms with Crippen molar-refractivity contribution in [3.8, 4) is 0 Å². The van der Waals surface area contributed by atoms with E-state index in [1.54, 1.807) is 0 Å². The van der Waals surface area contributed by atoms with Gasteiger partial charge in [0.2, 0.25) is 0 Å². The second-order valence-corrected chi connectivity index (χ2v) is 13.6. The van der Waals surface area contributed by atoms with Crippen LogP contribution in [0.1, 0.15) is 52.4 Å². The molecule has 0 amide bonds. The van der Waals surface area contributed by atoms with Gasteiger partial charge in [0, 0.05) is 26.3 Å². The molecule has 0 saturated carbocycles. The Morgan fingerprint density at radius 2 is 1.22 bits per heavy atom. The molecule has 2 aliphatic heterocycles. The highest BCUT2D eigenvalue weighted by molar-refractivity contribution is 6.79. The fourth-order valence-electron chi connectivity index (χ4n) is 3.93. The van der Waals surface area contributed by atoms with Gasteiger partial charge in [-0.25, -0.2) is 0 Å². The third-order valence-corrected chi connectivity index (χ3v) is 13.9. The van der Waals surface area contributed by atoms with Crippen LogP contribution in [0.2, 0.25) is 12.1 Å². The standard InChI is InChI=1S/C16H36N2O3Si2/c1-5-7-11-17-13-9-15-22(17,19-3)21-23(20-4)16-10-14-18(23)12-8-6-2/h5-16H2,1-4H3. The molecule has 0 aromatic rings. The molecule has 0 bridgehead atoms. The molecule has 0 aromatic carbocycles. The Labute approximate surface area is 144 Å². The first-order chi connectivity index (χ1) is 11.2. The van der Waals surface area contributed by atoms with Gasteiger partial charge in [0.05, 0.1) is 0 Å². The molecule has 0 aliphatic carbocycles. The van der Waals surface area contributed by atoms with E-state index in [4.69, 9.17) is 13.0 Å². The van der Waals surface area contributed by atoms with Gasteiger partial charge in [0.1, 0.15) is 0 Å². The number of hydrogen-bond acceptors (Lipinski definition) is 5. The molecule has 2 unspecified atom stereocenters. The zero-order valence-electron chi connectivity index (χ0n) is 15.6. The second kappa shape index (κ2) is 9.08. The highest BCUT2D eigenvalue weighted by Crippen LogP contribution is 2.36. The van der Waals surface area contributed by atoms with Gasteiger partial charge in [-0.05, 0) is 51.9 Å². The molecule has 2 fully saturated rings. The molecule has 2 rings (SSSR count). The molecule has 2 aliphatic rings. The molecule has 5 nitrogen and oxygen atoms in total. The lowest BCUT2D eigenvalue weighted by molar-refractivity contribution is 0.155. The van der Waals surface area contributed by atoms with Crippen LogP contribution in [-0.4, -0.2) is 67.0 Å². The van der Waals surface area contributed by atoms with Gasteiger partial charge in [-0.3, -0.25) is 9.13 Å². The van der Waals surface area contributed by atoms with Crippen LogP contribution in [-0.2, 0) is 13.0 Å². The zero-order chi connectivity index (χ0) is 16.8. The van der Waals surface area contributed by atoms with Crippen molar-refractivity contribution in [1.29, 1.82) is 0 Å². The van der Waals surface area contributed by atoms with Crippen LogP contribution < -0.4 is 0 Å². The molecule has 0 N–H and O–H groups in total. The first-order valence-corrected chi connectivity index (χ1v) is 13.4. The van der Waals surface area contributed by atoms with Crippen LogP contribution in [0.25, 0.3) is 0 Å². The maximum atomic E-state index is 6.95. The third-order valence-electron chi connectivity index (χ3n) is 5.33. The van der Waals surface area contributed by atoms with Crippen molar-refractivity contribution in [2.45, 2.75) is 64.5 Å². The van der Waals surface area contributed by atoms with Gasteiger partial charge in [0.25, 0.3) is 0 Å². The van der Waals surface area contributed by atoms with Gasteiger partial charge < -0.3 is 13.0 Å². The predicted molar refractivity (Wildman–Crippen MR) is 98.4 cm³/mol. The largest absolute Gasteiger partial charge is 0.419 e. The number of rotatable bonds is 10. The van der Waals surface area contributed by atoms with Gasteiger partial charge in [-0.15, -0.1) is 0 Å². The summed E-state index contributed by atoms with van der Waals surface area (Å²) in [5.74, 6) is 0. The Kier molecular flexibility index (Phi) is 7.72. The molecule has 136 valence electrons. The van der Waals surface area contributed by atoms with E-state index in [1.165, 1.54) is 38.5 Å². The molecule has 0 radical (unpaired) electrons. The fourth-order valence-corrected chi connectivity index (χ4v) is 13.2. The van der Waals surface area contributed by atoms with Gasteiger partial charge >= 0.3 is 17.4 Å². The van der Waals surface area contributed by atoms with Crippen molar-refractivity contribution in [2.75, 3.05) is 40.4 Å². The van der Waals surface area contributed by atoms with E-state index in [9.17, 15) is 0 Å². The minimum atomic E-state index is -2.28. The smallest absolute Gasteiger partial charge is 0.390 e. The Hall–Kier alpha value is 0.234. The molecule has 0 aromatic heterocycles. The normalized spacial score (nSPS) is 32.9. The van der Waals surface area contributed by atoms with E-state index >= 15 is 0 Å². The highest BCUT2D eigenvalue weighted by Gasteiger charge is 2.58. The molecule has 2 saturated heterocycles. The van der Waals surface area contributed by atoms with Crippen molar-refractivity contribution in [3.05, 3.63) is 0 Å². The average Bonchev–Trinajstić information content (AvgIpc) is 3.16. The molecule has 0 spiro atoms. The van der Waals surface area contributed by atoms with Crippen molar-refractivity contribution in [1.82, 2.24) is 9.13 Å². The summed E-state index contributed by atoms with van der Waals surface area (Å²) in [5.41, 5.74) is 0. The van der Waals surface area contributed by atoms with E-state index < -0.39 is 17.4 Å². The van der Waals surface area contributed by atoms with Crippen molar-refractivity contribution < 1.29 is 13.0 Å². The lowest BCUT2D eigenvalue weighted by Gasteiger charge is -2.42. The SMILES string of the molecule is CCCCN1CCC[Si]1(OC)O[Si]1(OC)CCCN1CCCC. The molecule has 2 atom stereocenters. The van der Waals surface area contributed by atoms with Gasteiger partial charge in [-0.2, -0.15) is 0 Å². The first-order valence-electron chi connectivity index (χ1n) is 9.47. The Bertz CT molecular complexity index is 332. The lowest BCUT2D eigenvalue weighted by Crippen LogP contribution is -2.66. The summed E-state index contributed by atoms with van der Waals surface area (Å²) in [7, 11) is -0.846. The summed E-state index contributed by atoms with van der Waals surface area (Å²) in [6.45, 7) is 8.98. The van der Waals surface area contributed by atoms with E-state index in [2.05, 4.69) is 23.0 Å². The number of unbranched alkanes of at least 4 members (excludes halogenated alkanes) is 2. The quantitative estimate of drug-likeness (QED) is 0.559. The van der Waals surface area contributed by atoms with Crippen LogP contribution in [0.3, 0.4) is 0 Å². The Morgan fingerprint density at radius 3 is 1.57 bits per heavy atom. The third kappa shape index (κ3) is 4.26. The second-order valence-electron chi connectivity index (χ2n) is 6.82. The monoisotopic (exact) mass is 360 g/mol. The van der Waals surface area contributed by atoms with Crippen molar-refractivity contribution >= 4 is 17.4 Å². The minimum absolute atomic E-state index is 1.09. The number of hydrogen-bond donors (Lipinski definition) is 0. The highest BCUT2D eigenvalue weighted by atomic mass is 28.5. The van der Waals surface area contributed by atoms with Crippen molar-refractivity contribution in [3.63, 3.8) is 0 Å². The maximum absolute atomic E-state index is 6.95. The lowest BCUT2D eigenvalue weighted by atomic mass is 10.3. The molecular formula is C16H36N2O3Si2. The number of nitrogens with zero attached hydrogens (tertiary/aromatic N) is 2. The molecule has 23 heavy (non-hydrogen) atoms. The zero-order valence-corrected chi connectivity index (χ0v) is 17.6. The molecule has 7 heteroatoms. The first kappa shape index (κ1) is 19.6. The van der Waals surface area contributed by atoms with Crippen LogP contribution in [0.4, 0.5) is 0 Å². The Balaban J connectivity index is 2.13. The van der Waals surface area contributed by atoms with Crippen LogP contribution >= 0.6 is 0 Å². The molecule has 2 heterocycles. The summed E-state index contributed by atoms with van der Waals surface area (Å²) in [4.78, 5) is 0. The van der Waals surface area contributed by atoms with E-state index in [0.717, 1.165) is 38.3 Å². The van der Waals surface area contributed by atoms with Gasteiger partial charge in [-0.1, -0.05) is 26.7 Å². The maximum Gasteiger partial charge on any atom is 0.419 e. The average molecular weight is 361 g/mol. The molecular weight excluding hydrogens is 324 g/mol. The summed E-state index contributed by atoms with van der Waals surface area (Å²) < 4.78 is 24.3. The summed E-state index contributed by atoms with van der Waals surface area (Å²) in [6, 6.07) is 2.18. The predicted octanol–water partition coefficient (Wildman–Crippen LogP) is 3.19. The summed E-state index contributed by atoms with van der Waals surface area (Å²) >= 11 is 0. The fraction of sp³-hybridized carbons (Fsp3) is 1.00. The summed E-state index contributed by atoms with van der Waals surface area (Å²) in [6.07, 6.45) is 7.30. The van der Waals surface area contributed by atoms with Gasteiger partial charge in [0.15, 0.2) is 0 Å². The topological polar surface area (TPSA) is 34.2 Å². The van der Waals surface area contributed by atoms with Crippen LogP contribution in [0.15, 0.2) is 0 Å². The summed E-state index contributed by atoms with van der Waals surface area (Å²) in [5, 5.41) is 0. The van der Waals surface area contributed by atoms with E-state index in [1.807, 2.05) is 14.2 Å². The van der Waals surface area contributed by atoms with Crippen molar-refractivity contribution in [2.24, 2.45) is 0 Å².